The Morgan fingerprint density at radius 1 is 1.30 bits per heavy atom. The second kappa shape index (κ2) is 7.35. The minimum atomic E-state index is 0.763. The minimum Gasteiger partial charge on any atom is -0.356 e. The molecule has 4 heteroatoms. The van der Waals surface area contributed by atoms with Crippen LogP contribution >= 0.6 is 0 Å². The van der Waals surface area contributed by atoms with E-state index in [4.69, 9.17) is 0 Å². The molecule has 0 spiro atoms. The maximum absolute atomic E-state index is 4.46. The number of hydrogen-bond acceptors (Lipinski definition) is 2. The zero-order chi connectivity index (χ0) is 16.2. The number of guanidine groups is 1. The molecule has 23 heavy (non-hydrogen) atoms. The Kier molecular flexibility index (Phi) is 5.21. The predicted molar refractivity (Wildman–Crippen MR) is 96.7 cm³/mol. The molecule has 0 amide bonds. The highest BCUT2D eigenvalue weighted by molar-refractivity contribution is 5.79. The second-order valence-electron chi connectivity index (χ2n) is 7.09. The molecule has 0 aromatic heterocycles. The van der Waals surface area contributed by atoms with Crippen LogP contribution in [0.4, 0.5) is 0 Å². The van der Waals surface area contributed by atoms with Crippen LogP contribution in [0.15, 0.2) is 29.3 Å². The van der Waals surface area contributed by atoms with Gasteiger partial charge in [-0.2, -0.15) is 0 Å². The molecule has 0 radical (unpaired) electrons. The van der Waals surface area contributed by atoms with E-state index in [9.17, 15) is 0 Å². The number of aliphatic imine (C=N–C) groups is 1. The van der Waals surface area contributed by atoms with Crippen LogP contribution in [0.3, 0.4) is 0 Å². The first-order valence-electron chi connectivity index (χ1n) is 8.87. The van der Waals surface area contributed by atoms with E-state index in [-0.39, 0.29) is 0 Å². The van der Waals surface area contributed by atoms with Crippen LogP contribution in [0.1, 0.15) is 30.4 Å². The van der Waals surface area contributed by atoms with Gasteiger partial charge in [0.05, 0.1) is 0 Å². The molecule has 2 aliphatic rings. The monoisotopic (exact) mass is 314 g/mol. The number of nitrogens with one attached hydrogen (secondary N) is 1. The van der Waals surface area contributed by atoms with Crippen molar-refractivity contribution >= 4 is 5.96 Å². The van der Waals surface area contributed by atoms with Crippen molar-refractivity contribution in [1.29, 1.82) is 0 Å². The summed E-state index contributed by atoms with van der Waals surface area (Å²) >= 11 is 0. The third-order valence-corrected chi connectivity index (χ3v) is 5.17. The Bertz CT molecular complexity index is 550. The molecule has 126 valence electrons. The Labute approximate surface area is 140 Å². The Morgan fingerprint density at radius 2 is 2.09 bits per heavy atom. The van der Waals surface area contributed by atoms with Crippen molar-refractivity contribution in [3.05, 3.63) is 35.4 Å². The summed E-state index contributed by atoms with van der Waals surface area (Å²) in [6, 6.07) is 9.48. The van der Waals surface area contributed by atoms with Gasteiger partial charge in [0.15, 0.2) is 5.96 Å². The van der Waals surface area contributed by atoms with Gasteiger partial charge >= 0.3 is 0 Å². The van der Waals surface area contributed by atoms with Gasteiger partial charge in [0.25, 0.3) is 0 Å². The fraction of sp³-hybridized carbons (Fsp3) is 0.632. The van der Waals surface area contributed by atoms with Gasteiger partial charge in [0.1, 0.15) is 0 Å². The maximum Gasteiger partial charge on any atom is 0.193 e. The SMILES string of the molecule is CN=C(NCC1CCN(C2CC2)C1)N(C)Cc1ccccc1C. The molecule has 1 heterocycles. The molecule has 1 saturated carbocycles. The largest absolute Gasteiger partial charge is 0.356 e. The lowest BCUT2D eigenvalue weighted by Gasteiger charge is -2.24. The van der Waals surface area contributed by atoms with Crippen LogP contribution in [0.2, 0.25) is 0 Å². The smallest absolute Gasteiger partial charge is 0.193 e. The summed E-state index contributed by atoms with van der Waals surface area (Å²) in [5, 5.41) is 3.58. The third-order valence-electron chi connectivity index (χ3n) is 5.17. The first-order valence-corrected chi connectivity index (χ1v) is 8.87. The molecule has 1 atom stereocenters. The van der Waals surface area contributed by atoms with Gasteiger partial charge in [0, 0.05) is 39.8 Å². The second-order valence-corrected chi connectivity index (χ2v) is 7.09. The van der Waals surface area contributed by atoms with Crippen molar-refractivity contribution in [1.82, 2.24) is 15.1 Å². The van der Waals surface area contributed by atoms with Crippen molar-refractivity contribution in [3.8, 4) is 0 Å². The number of benzene rings is 1. The first-order chi connectivity index (χ1) is 11.2. The number of nitrogens with zero attached hydrogens (tertiary/aromatic N) is 3. The number of rotatable bonds is 5. The molecule has 1 unspecified atom stereocenters. The van der Waals surface area contributed by atoms with Crippen LogP contribution in [0.5, 0.6) is 0 Å². The predicted octanol–water partition coefficient (Wildman–Crippen LogP) is 2.49. The van der Waals surface area contributed by atoms with Gasteiger partial charge in [-0.05, 0) is 49.8 Å². The average molecular weight is 314 g/mol. The quantitative estimate of drug-likeness (QED) is 0.669. The van der Waals surface area contributed by atoms with Gasteiger partial charge in [-0.15, -0.1) is 0 Å². The minimum absolute atomic E-state index is 0.763. The van der Waals surface area contributed by atoms with Crippen molar-refractivity contribution in [2.75, 3.05) is 33.7 Å². The summed E-state index contributed by atoms with van der Waals surface area (Å²) in [7, 11) is 3.99. The Morgan fingerprint density at radius 3 is 2.78 bits per heavy atom. The van der Waals surface area contributed by atoms with E-state index in [1.807, 2.05) is 7.05 Å². The first kappa shape index (κ1) is 16.3. The molecular weight excluding hydrogens is 284 g/mol. The highest BCUT2D eigenvalue weighted by atomic mass is 15.3. The fourth-order valence-electron chi connectivity index (χ4n) is 3.54. The molecule has 3 rings (SSSR count). The molecule has 0 bridgehead atoms. The lowest BCUT2D eigenvalue weighted by molar-refractivity contribution is 0.313. The van der Waals surface area contributed by atoms with Crippen LogP contribution < -0.4 is 5.32 Å². The van der Waals surface area contributed by atoms with Crippen LogP contribution in [-0.2, 0) is 6.54 Å². The van der Waals surface area contributed by atoms with Crippen LogP contribution in [-0.4, -0.2) is 55.5 Å². The summed E-state index contributed by atoms with van der Waals surface area (Å²) in [6.45, 7) is 6.65. The summed E-state index contributed by atoms with van der Waals surface area (Å²) in [5.41, 5.74) is 2.70. The maximum atomic E-state index is 4.46. The molecular formula is C19H30N4. The van der Waals surface area contributed by atoms with Crippen molar-refractivity contribution < 1.29 is 0 Å². The normalized spacial score (nSPS) is 22.4. The lowest BCUT2D eigenvalue weighted by atomic mass is 10.1. The van der Waals surface area contributed by atoms with E-state index < -0.39 is 0 Å². The van der Waals surface area contributed by atoms with E-state index in [1.165, 1.54) is 43.5 Å². The molecule has 2 fully saturated rings. The van der Waals surface area contributed by atoms with Crippen molar-refractivity contribution in [2.45, 2.75) is 38.8 Å². The molecule has 1 aromatic rings. The highest BCUT2D eigenvalue weighted by Crippen LogP contribution is 2.31. The van der Waals surface area contributed by atoms with Crippen LogP contribution in [0.25, 0.3) is 0 Å². The van der Waals surface area contributed by atoms with Crippen LogP contribution in [0, 0.1) is 12.8 Å². The van der Waals surface area contributed by atoms with E-state index in [0.717, 1.165) is 31.0 Å². The molecule has 1 aromatic carbocycles. The molecule has 1 aliphatic carbocycles. The number of hydrogen-bond donors (Lipinski definition) is 1. The third kappa shape index (κ3) is 4.25. The topological polar surface area (TPSA) is 30.9 Å². The van der Waals surface area contributed by atoms with E-state index in [0.29, 0.717) is 0 Å². The fourth-order valence-corrected chi connectivity index (χ4v) is 3.54. The summed E-state index contributed by atoms with van der Waals surface area (Å²) in [5.74, 6) is 1.76. The van der Waals surface area contributed by atoms with Gasteiger partial charge in [-0.25, -0.2) is 0 Å². The zero-order valence-corrected chi connectivity index (χ0v) is 14.8. The van der Waals surface area contributed by atoms with Crippen molar-refractivity contribution in [3.63, 3.8) is 0 Å². The average Bonchev–Trinajstić information content (AvgIpc) is 3.29. The standard InChI is InChI=1S/C19H30N4/c1-15-6-4-5-7-17(15)14-22(3)19(20-2)21-12-16-10-11-23(13-16)18-8-9-18/h4-7,16,18H,8-14H2,1-3H3,(H,20,21). The van der Waals surface area contributed by atoms with E-state index in [1.54, 1.807) is 0 Å². The summed E-state index contributed by atoms with van der Waals surface area (Å²) in [6.07, 6.45) is 4.16. The molecule has 4 nitrogen and oxygen atoms in total. The van der Waals surface area contributed by atoms with Gasteiger partial charge in [-0.1, -0.05) is 24.3 Å². The zero-order valence-electron chi connectivity index (χ0n) is 14.8. The molecule has 1 N–H and O–H groups in total. The summed E-state index contributed by atoms with van der Waals surface area (Å²) < 4.78 is 0. The highest BCUT2D eigenvalue weighted by Gasteiger charge is 2.34. The van der Waals surface area contributed by atoms with Gasteiger partial charge < -0.3 is 15.1 Å². The van der Waals surface area contributed by atoms with Gasteiger partial charge in [0.2, 0.25) is 0 Å². The van der Waals surface area contributed by atoms with Crippen molar-refractivity contribution in [2.24, 2.45) is 10.9 Å². The number of aryl methyl sites for hydroxylation is 1. The lowest BCUT2D eigenvalue weighted by Crippen LogP contribution is -2.41. The Balaban J connectivity index is 1.48. The molecule has 1 aliphatic heterocycles. The van der Waals surface area contributed by atoms with E-state index >= 15 is 0 Å². The molecule has 1 saturated heterocycles. The summed E-state index contributed by atoms with van der Waals surface area (Å²) in [4.78, 5) is 9.35. The van der Waals surface area contributed by atoms with Gasteiger partial charge in [-0.3, -0.25) is 4.99 Å². The number of likely N-dealkylation sites (tertiary alicyclic amines) is 1. The Hall–Kier alpha value is -1.55. The van der Waals surface area contributed by atoms with E-state index in [2.05, 4.69) is 58.3 Å².